The van der Waals surface area contributed by atoms with E-state index in [4.69, 9.17) is 17.8 Å². The Bertz CT molecular complexity index is 887. The van der Waals surface area contributed by atoms with Crippen molar-refractivity contribution < 1.29 is 0 Å². The summed E-state index contributed by atoms with van der Waals surface area (Å²) in [5.41, 5.74) is 0. The van der Waals surface area contributed by atoms with Crippen molar-refractivity contribution in [3.8, 4) is 0 Å². The third kappa shape index (κ3) is 4.77. The normalized spacial score (nSPS) is 11.9. The molecule has 0 amide bonds. The molecule has 4 aromatic rings. The molecule has 0 aliphatic heterocycles. The Kier molecular flexibility index (Phi) is 7.51. The molecule has 0 heterocycles. The van der Waals surface area contributed by atoms with E-state index >= 15 is 0 Å². The molecular formula is C26H24Cl2Sn2. The molecule has 4 heteroatoms. The number of hydrogen-bond donors (Lipinski definition) is 0. The van der Waals surface area contributed by atoms with E-state index in [2.05, 4.69) is 121 Å². The third-order valence-corrected chi connectivity index (χ3v) is 37.8. The van der Waals surface area contributed by atoms with Crippen molar-refractivity contribution in [1.29, 1.82) is 0 Å². The Labute approximate surface area is 195 Å². The Balaban J connectivity index is 1.76. The molecule has 0 radical (unpaired) electrons. The van der Waals surface area contributed by atoms with Crippen molar-refractivity contribution >= 4 is 66.7 Å². The molecule has 0 saturated heterocycles. The van der Waals surface area contributed by atoms with Gasteiger partial charge >= 0.3 is 197 Å². The summed E-state index contributed by atoms with van der Waals surface area (Å²) in [5.74, 6) is 0. The predicted molar refractivity (Wildman–Crippen MR) is 137 cm³/mol. The van der Waals surface area contributed by atoms with Gasteiger partial charge in [0, 0.05) is 0 Å². The fourth-order valence-corrected chi connectivity index (χ4v) is 44.5. The van der Waals surface area contributed by atoms with Crippen LogP contribution in [0.4, 0.5) is 0 Å². The van der Waals surface area contributed by atoms with Gasteiger partial charge in [-0.05, 0) is 0 Å². The molecule has 150 valence electrons. The molecule has 0 saturated carbocycles. The van der Waals surface area contributed by atoms with E-state index in [0.717, 1.165) is 8.87 Å². The van der Waals surface area contributed by atoms with E-state index in [1.54, 1.807) is 0 Å². The number of hydrogen-bond acceptors (Lipinski definition) is 0. The Morgan fingerprint density at radius 3 is 0.767 bits per heavy atom. The fraction of sp³-hybridized carbons (Fsp3) is 0.0769. The molecule has 0 fully saturated rings. The van der Waals surface area contributed by atoms with E-state index in [1.165, 1.54) is 14.3 Å². The summed E-state index contributed by atoms with van der Waals surface area (Å²) in [5, 5.41) is 0. The topological polar surface area (TPSA) is 0 Å². The van der Waals surface area contributed by atoms with Crippen molar-refractivity contribution in [2.75, 3.05) is 0 Å². The van der Waals surface area contributed by atoms with Crippen LogP contribution in [0, 0.1) is 0 Å². The van der Waals surface area contributed by atoms with Crippen molar-refractivity contribution in [1.82, 2.24) is 0 Å². The molecule has 0 aliphatic carbocycles. The molecule has 4 aromatic carbocycles. The summed E-state index contributed by atoms with van der Waals surface area (Å²) in [7, 11) is 15.3. The van der Waals surface area contributed by atoms with Gasteiger partial charge in [0.15, 0.2) is 0 Å². The second-order valence-electron chi connectivity index (χ2n) is 7.57. The zero-order valence-corrected chi connectivity index (χ0v) is 23.9. The summed E-state index contributed by atoms with van der Waals surface area (Å²) in [6, 6.07) is 42.9. The third-order valence-electron chi connectivity index (χ3n) is 5.74. The van der Waals surface area contributed by atoms with Gasteiger partial charge in [-0.2, -0.15) is 0 Å². The molecule has 0 bridgehead atoms. The Morgan fingerprint density at radius 2 is 0.567 bits per heavy atom. The van der Waals surface area contributed by atoms with Gasteiger partial charge < -0.3 is 0 Å². The second kappa shape index (κ2) is 10.1. The van der Waals surface area contributed by atoms with Crippen LogP contribution in [0.2, 0.25) is 8.87 Å². The first-order valence-electron chi connectivity index (χ1n) is 10.2. The average Bonchev–Trinajstić information content (AvgIpc) is 2.84. The van der Waals surface area contributed by atoms with Gasteiger partial charge in [0.2, 0.25) is 0 Å². The number of halogens is 2. The standard InChI is InChI=1S/4C6H5.C2H4.2ClH.2Sn/c4*1-2-4-6-5-3-1;1-2;;;;/h4*1-5H;1-2H2;2*1H;;/q;;;;;;;2*+1/p-2. The van der Waals surface area contributed by atoms with E-state index in [1.807, 2.05) is 0 Å². The summed E-state index contributed by atoms with van der Waals surface area (Å²) in [6.07, 6.45) is 0. The zero-order valence-electron chi connectivity index (χ0n) is 16.7. The van der Waals surface area contributed by atoms with E-state index in [-0.39, 0.29) is 0 Å². The molecule has 0 spiro atoms. The summed E-state index contributed by atoms with van der Waals surface area (Å²) in [6.45, 7) is 0. The maximum absolute atomic E-state index is 7.66. The molecule has 0 aromatic heterocycles. The van der Waals surface area contributed by atoms with Crippen LogP contribution in [0.3, 0.4) is 0 Å². The van der Waals surface area contributed by atoms with Crippen LogP contribution in [-0.2, 0) is 0 Å². The molecule has 0 nitrogen and oxygen atoms in total. The monoisotopic (exact) mass is 646 g/mol. The average molecular weight is 645 g/mol. The molecule has 0 aliphatic rings. The molecule has 0 unspecified atom stereocenters. The fourth-order valence-electron chi connectivity index (χ4n) is 4.06. The van der Waals surface area contributed by atoms with Gasteiger partial charge in [0.25, 0.3) is 0 Å². The summed E-state index contributed by atoms with van der Waals surface area (Å²) < 4.78 is 7.29. The van der Waals surface area contributed by atoms with Crippen molar-refractivity contribution in [3.05, 3.63) is 121 Å². The number of rotatable bonds is 7. The minimum atomic E-state index is -3.37. The number of benzene rings is 4. The van der Waals surface area contributed by atoms with Crippen molar-refractivity contribution in [3.63, 3.8) is 0 Å². The van der Waals surface area contributed by atoms with Gasteiger partial charge in [0.05, 0.1) is 0 Å². The van der Waals surface area contributed by atoms with Gasteiger partial charge in [0.1, 0.15) is 0 Å². The maximum atomic E-state index is 7.66. The Morgan fingerprint density at radius 1 is 0.367 bits per heavy atom. The van der Waals surface area contributed by atoms with Crippen LogP contribution < -0.4 is 14.3 Å². The predicted octanol–water partition coefficient (Wildman–Crippen LogP) is 4.98. The van der Waals surface area contributed by atoms with Crippen LogP contribution in [0.15, 0.2) is 121 Å². The first-order chi connectivity index (χ1) is 14.6. The SMILES string of the molecule is [Cl][Sn]([CH2][CH2][Sn]([Cl])([c]1ccccc1)[c]1ccccc1)([c]1ccccc1)[c]1ccccc1. The van der Waals surface area contributed by atoms with E-state index in [0.29, 0.717) is 0 Å². The van der Waals surface area contributed by atoms with Gasteiger partial charge in [-0.3, -0.25) is 0 Å². The van der Waals surface area contributed by atoms with E-state index < -0.39 is 34.5 Å². The first kappa shape index (κ1) is 22.3. The van der Waals surface area contributed by atoms with Crippen LogP contribution in [0.1, 0.15) is 0 Å². The summed E-state index contributed by atoms with van der Waals surface area (Å²) in [4.78, 5) is 0. The van der Waals surface area contributed by atoms with Crippen LogP contribution in [0.25, 0.3) is 0 Å². The molecule has 30 heavy (non-hydrogen) atoms. The van der Waals surface area contributed by atoms with E-state index in [9.17, 15) is 0 Å². The Hall–Kier alpha value is -0.943. The van der Waals surface area contributed by atoms with Crippen LogP contribution >= 0.6 is 17.8 Å². The van der Waals surface area contributed by atoms with Crippen LogP contribution in [0.5, 0.6) is 0 Å². The first-order valence-corrected chi connectivity index (χ1v) is 27.2. The van der Waals surface area contributed by atoms with Gasteiger partial charge in [-0.25, -0.2) is 0 Å². The van der Waals surface area contributed by atoms with Gasteiger partial charge in [-0.1, -0.05) is 0 Å². The van der Waals surface area contributed by atoms with Crippen LogP contribution in [-0.4, -0.2) is 34.5 Å². The minimum absolute atomic E-state index is 0.994. The molecule has 0 atom stereocenters. The second-order valence-corrected chi connectivity index (χ2v) is 34.8. The quantitative estimate of drug-likeness (QED) is 0.249. The van der Waals surface area contributed by atoms with Gasteiger partial charge in [-0.15, -0.1) is 0 Å². The van der Waals surface area contributed by atoms with Crippen molar-refractivity contribution in [2.24, 2.45) is 0 Å². The zero-order chi connectivity index (χ0) is 20.9. The molecular weight excluding hydrogens is 621 g/mol. The summed E-state index contributed by atoms with van der Waals surface area (Å²) >= 11 is -6.75. The van der Waals surface area contributed by atoms with Crippen molar-refractivity contribution in [2.45, 2.75) is 8.87 Å². The molecule has 4 rings (SSSR count). The molecule has 0 N–H and O–H groups in total.